The fourth-order valence-electron chi connectivity index (χ4n) is 2.88. The summed E-state index contributed by atoms with van der Waals surface area (Å²) in [7, 11) is 1.47. The number of imidazole rings is 1. The number of carboxylic acid groups (broad SMARTS) is 1. The molecule has 1 saturated heterocycles. The molecule has 2 aromatic rings. The third-order valence-electron chi connectivity index (χ3n) is 4.10. The zero-order valence-electron chi connectivity index (χ0n) is 12.2. The Bertz CT molecular complexity index is 693. The lowest BCUT2D eigenvalue weighted by atomic mass is 9.88. The third-order valence-corrected chi connectivity index (χ3v) is 4.10. The normalized spacial score (nSPS) is 21.4. The zero-order chi connectivity index (χ0) is 15.7. The van der Waals surface area contributed by atoms with E-state index < -0.39 is 11.4 Å². The predicted molar refractivity (Wildman–Crippen MR) is 77.7 cm³/mol. The van der Waals surface area contributed by atoms with Gasteiger partial charge in [0.05, 0.1) is 6.61 Å². The van der Waals surface area contributed by atoms with E-state index in [1.165, 1.54) is 12.0 Å². The number of pyridine rings is 1. The highest BCUT2D eigenvalue weighted by Gasteiger charge is 2.46. The average Bonchev–Trinajstić information content (AvgIpc) is 3.11. The van der Waals surface area contributed by atoms with Crippen LogP contribution in [0.4, 0.5) is 0 Å². The molecule has 1 aliphatic rings. The van der Waals surface area contributed by atoms with Crippen LogP contribution in [0, 0.1) is 5.41 Å². The van der Waals surface area contributed by atoms with Crippen molar-refractivity contribution in [2.24, 2.45) is 5.41 Å². The molecule has 0 radical (unpaired) electrons. The molecule has 0 bridgehead atoms. The monoisotopic (exact) mass is 303 g/mol. The Morgan fingerprint density at radius 2 is 2.27 bits per heavy atom. The summed E-state index contributed by atoms with van der Waals surface area (Å²) in [6, 6.07) is 5.51. The van der Waals surface area contributed by atoms with Crippen molar-refractivity contribution in [1.82, 2.24) is 14.3 Å². The second-order valence-electron chi connectivity index (χ2n) is 5.59. The summed E-state index contributed by atoms with van der Waals surface area (Å²) in [4.78, 5) is 29.9. The minimum atomic E-state index is -1.02. The van der Waals surface area contributed by atoms with E-state index in [-0.39, 0.29) is 19.1 Å². The van der Waals surface area contributed by atoms with Crippen LogP contribution in [-0.4, -0.2) is 58.1 Å². The van der Waals surface area contributed by atoms with Gasteiger partial charge in [-0.2, -0.15) is 0 Å². The maximum Gasteiger partial charge on any atom is 0.313 e. The molecule has 0 spiro atoms. The number of hydrogen-bond donors (Lipinski definition) is 1. The lowest BCUT2D eigenvalue weighted by Gasteiger charge is -2.23. The fraction of sp³-hybridized carbons (Fsp3) is 0.400. The molecule has 3 heterocycles. The van der Waals surface area contributed by atoms with Crippen molar-refractivity contribution in [2.75, 3.05) is 26.8 Å². The Morgan fingerprint density at radius 3 is 2.95 bits per heavy atom. The van der Waals surface area contributed by atoms with Gasteiger partial charge in [-0.25, -0.2) is 4.98 Å². The van der Waals surface area contributed by atoms with Crippen molar-refractivity contribution in [3.63, 3.8) is 0 Å². The number of carbonyl (C=O) groups excluding carboxylic acids is 1. The van der Waals surface area contributed by atoms with Gasteiger partial charge in [0.1, 0.15) is 16.8 Å². The number of aliphatic carboxylic acids is 1. The molecule has 22 heavy (non-hydrogen) atoms. The largest absolute Gasteiger partial charge is 0.481 e. The Labute approximate surface area is 127 Å². The number of carboxylic acids is 1. The van der Waals surface area contributed by atoms with E-state index in [0.717, 1.165) is 0 Å². The van der Waals surface area contributed by atoms with Crippen LogP contribution in [0.25, 0.3) is 5.65 Å². The molecule has 0 aliphatic carbocycles. The molecule has 2 aromatic heterocycles. The van der Waals surface area contributed by atoms with E-state index >= 15 is 0 Å². The fourth-order valence-corrected chi connectivity index (χ4v) is 2.88. The minimum Gasteiger partial charge on any atom is -0.481 e. The molecule has 3 rings (SSSR count). The van der Waals surface area contributed by atoms with Gasteiger partial charge in [0, 0.05) is 32.6 Å². The maximum absolute atomic E-state index is 12.5. The summed E-state index contributed by atoms with van der Waals surface area (Å²) in [5, 5.41) is 9.44. The molecule has 1 amide bonds. The lowest BCUT2D eigenvalue weighted by molar-refractivity contribution is -0.151. The average molecular weight is 303 g/mol. The van der Waals surface area contributed by atoms with Gasteiger partial charge in [0.2, 0.25) is 0 Å². The van der Waals surface area contributed by atoms with E-state index in [1.807, 2.05) is 24.4 Å². The summed E-state index contributed by atoms with van der Waals surface area (Å²) >= 11 is 0. The Balaban J connectivity index is 1.82. The number of hydrogen-bond acceptors (Lipinski definition) is 4. The van der Waals surface area contributed by atoms with Gasteiger partial charge in [0.25, 0.3) is 5.91 Å². The van der Waals surface area contributed by atoms with Crippen molar-refractivity contribution in [3.05, 3.63) is 36.3 Å². The van der Waals surface area contributed by atoms with Crippen LogP contribution in [-0.2, 0) is 9.53 Å². The number of likely N-dealkylation sites (tertiary alicyclic amines) is 1. The van der Waals surface area contributed by atoms with Crippen LogP contribution >= 0.6 is 0 Å². The van der Waals surface area contributed by atoms with Crippen LogP contribution in [0.2, 0.25) is 0 Å². The van der Waals surface area contributed by atoms with E-state index in [9.17, 15) is 14.7 Å². The molecule has 1 unspecified atom stereocenters. The summed E-state index contributed by atoms with van der Waals surface area (Å²) in [6.07, 6.45) is 3.86. The highest BCUT2D eigenvalue weighted by atomic mass is 16.5. The zero-order valence-corrected chi connectivity index (χ0v) is 12.2. The van der Waals surface area contributed by atoms with Crippen molar-refractivity contribution < 1.29 is 19.4 Å². The SMILES string of the molecule is COCC1(C(=O)O)CCN(C(=O)c2cn3ccccc3n2)C1. The first-order chi connectivity index (χ1) is 10.6. The first-order valence-electron chi connectivity index (χ1n) is 7.01. The molecule has 7 heteroatoms. The number of aromatic nitrogens is 2. The van der Waals surface area contributed by atoms with Crippen molar-refractivity contribution >= 4 is 17.5 Å². The van der Waals surface area contributed by atoms with Crippen LogP contribution in [0.3, 0.4) is 0 Å². The molecular formula is C15H17N3O4. The number of rotatable bonds is 4. The molecule has 1 fully saturated rings. The standard InChI is InChI=1S/C15H17N3O4/c1-22-10-15(14(20)21)5-7-18(9-15)13(19)11-8-17-6-3-2-4-12(17)16-11/h2-4,6,8H,5,7,9-10H2,1H3,(H,20,21). The number of methoxy groups -OCH3 is 1. The molecule has 0 saturated carbocycles. The van der Waals surface area contributed by atoms with E-state index in [4.69, 9.17) is 4.74 Å². The molecule has 7 nitrogen and oxygen atoms in total. The Kier molecular flexibility index (Phi) is 3.58. The van der Waals surface area contributed by atoms with E-state index in [1.54, 1.807) is 10.6 Å². The minimum absolute atomic E-state index is 0.0945. The number of ether oxygens (including phenoxy) is 1. The van der Waals surface area contributed by atoms with Crippen molar-refractivity contribution in [2.45, 2.75) is 6.42 Å². The Hall–Kier alpha value is -2.41. The van der Waals surface area contributed by atoms with Crippen molar-refractivity contribution in [1.29, 1.82) is 0 Å². The van der Waals surface area contributed by atoms with E-state index in [2.05, 4.69) is 4.98 Å². The molecule has 116 valence electrons. The molecular weight excluding hydrogens is 286 g/mol. The van der Waals surface area contributed by atoms with Gasteiger partial charge < -0.3 is 19.1 Å². The lowest BCUT2D eigenvalue weighted by Crippen LogP contribution is -2.40. The maximum atomic E-state index is 12.5. The predicted octanol–water partition coefficient (Wildman–Crippen LogP) is 0.898. The van der Waals surface area contributed by atoms with Gasteiger partial charge >= 0.3 is 5.97 Å². The van der Waals surface area contributed by atoms with Gasteiger partial charge in [-0.1, -0.05) is 6.07 Å². The molecule has 0 aromatic carbocycles. The highest BCUT2D eigenvalue weighted by molar-refractivity contribution is 5.93. The van der Waals surface area contributed by atoms with Crippen LogP contribution in [0.15, 0.2) is 30.6 Å². The quantitative estimate of drug-likeness (QED) is 0.907. The molecule has 1 N–H and O–H groups in total. The van der Waals surface area contributed by atoms with Gasteiger partial charge in [-0.05, 0) is 18.6 Å². The van der Waals surface area contributed by atoms with Gasteiger partial charge in [0.15, 0.2) is 0 Å². The van der Waals surface area contributed by atoms with Gasteiger partial charge in [-0.15, -0.1) is 0 Å². The summed E-state index contributed by atoms with van der Waals surface area (Å²) in [6.45, 7) is 0.628. The number of carbonyl (C=O) groups is 2. The third kappa shape index (κ3) is 2.33. The van der Waals surface area contributed by atoms with Crippen molar-refractivity contribution in [3.8, 4) is 0 Å². The number of amides is 1. The molecule has 1 aliphatic heterocycles. The first kappa shape index (κ1) is 14.5. The highest BCUT2D eigenvalue weighted by Crippen LogP contribution is 2.32. The smallest absolute Gasteiger partial charge is 0.313 e. The molecule has 1 atom stereocenters. The van der Waals surface area contributed by atoms with Gasteiger partial charge in [-0.3, -0.25) is 9.59 Å². The Morgan fingerprint density at radius 1 is 1.45 bits per heavy atom. The van der Waals surface area contributed by atoms with Crippen LogP contribution < -0.4 is 0 Å². The summed E-state index contributed by atoms with van der Waals surface area (Å²) in [5.41, 5.74) is -0.0138. The summed E-state index contributed by atoms with van der Waals surface area (Å²) in [5.74, 6) is -1.18. The first-order valence-corrected chi connectivity index (χ1v) is 7.01. The van der Waals surface area contributed by atoms with Crippen LogP contribution in [0.5, 0.6) is 0 Å². The van der Waals surface area contributed by atoms with E-state index in [0.29, 0.717) is 24.3 Å². The van der Waals surface area contributed by atoms with Crippen LogP contribution in [0.1, 0.15) is 16.9 Å². The summed E-state index contributed by atoms with van der Waals surface area (Å²) < 4.78 is 6.80. The second-order valence-corrected chi connectivity index (χ2v) is 5.59. The number of fused-ring (bicyclic) bond motifs is 1. The number of nitrogens with zero attached hydrogens (tertiary/aromatic N) is 3. The topological polar surface area (TPSA) is 84.1 Å². The second kappa shape index (κ2) is 5.42.